The molecule has 3 aromatic rings. The Morgan fingerprint density at radius 1 is 1.15 bits per heavy atom. The van der Waals surface area contributed by atoms with Gasteiger partial charge in [-0.05, 0) is 32.4 Å². The molecule has 138 valence electrons. The average molecular weight is 364 g/mol. The second-order valence-electron chi connectivity index (χ2n) is 6.45. The Bertz CT molecular complexity index is 1010. The molecule has 7 nitrogen and oxygen atoms in total. The fourth-order valence-electron chi connectivity index (χ4n) is 2.84. The van der Waals surface area contributed by atoms with Crippen molar-refractivity contribution < 1.29 is 9.72 Å². The van der Waals surface area contributed by atoms with E-state index in [1.165, 1.54) is 23.8 Å². The van der Waals surface area contributed by atoms with E-state index >= 15 is 0 Å². The quantitative estimate of drug-likeness (QED) is 0.547. The van der Waals surface area contributed by atoms with Crippen LogP contribution < -0.4 is 5.32 Å². The van der Waals surface area contributed by atoms with Gasteiger partial charge in [-0.1, -0.05) is 35.9 Å². The largest absolute Gasteiger partial charge is 0.319 e. The third kappa shape index (κ3) is 4.03. The zero-order valence-electron chi connectivity index (χ0n) is 15.4. The Morgan fingerprint density at radius 2 is 1.85 bits per heavy atom. The molecule has 3 rings (SSSR count). The molecule has 2 aromatic carbocycles. The second kappa shape index (κ2) is 7.41. The Hall–Kier alpha value is -3.48. The average Bonchev–Trinajstić information content (AvgIpc) is 2.91. The molecule has 0 aliphatic carbocycles. The van der Waals surface area contributed by atoms with Crippen molar-refractivity contribution in [2.45, 2.75) is 27.3 Å². The fraction of sp³-hybridized carbons (Fsp3) is 0.200. The Morgan fingerprint density at radius 3 is 2.52 bits per heavy atom. The van der Waals surface area contributed by atoms with Crippen molar-refractivity contribution >= 4 is 17.3 Å². The molecule has 27 heavy (non-hydrogen) atoms. The Balaban J connectivity index is 1.82. The molecular formula is C20H20N4O3. The number of carbonyl (C=O) groups is 1. The third-order valence-electron chi connectivity index (χ3n) is 4.39. The molecule has 1 N–H and O–H groups in total. The predicted octanol–water partition coefficient (Wildman–Crippen LogP) is 4.02. The first-order valence-electron chi connectivity index (χ1n) is 8.50. The fourth-order valence-corrected chi connectivity index (χ4v) is 2.84. The van der Waals surface area contributed by atoms with Gasteiger partial charge in [0.1, 0.15) is 0 Å². The number of nitro groups is 1. The number of rotatable bonds is 5. The molecule has 0 fully saturated rings. The third-order valence-corrected chi connectivity index (χ3v) is 4.39. The molecule has 0 unspecified atom stereocenters. The van der Waals surface area contributed by atoms with Crippen LogP contribution in [-0.4, -0.2) is 20.6 Å². The van der Waals surface area contributed by atoms with Crippen molar-refractivity contribution in [2.24, 2.45) is 0 Å². The first kappa shape index (κ1) is 18.3. The summed E-state index contributed by atoms with van der Waals surface area (Å²) in [5, 5.41) is 18.2. The number of carbonyl (C=O) groups excluding carboxylic acids is 1. The number of non-ortho nitro benzene ring substituents is 1. The number of hydrogen-bond acceptors (Lipinski definition) is 4. The lowest BCUT2D eigenvalue weighted by Crippen LogP contribution is -2.13. The lowest BCUT2D eigenvalue weighted by Gasteiger charge is -2.08. The van der Waals surface area contributed by atoms with E-state index in [4.69, 9.17) is 0 Å². The summed E-state index contributed by atoms with van der Waals surface area (Å²) in [6.07, 6.45) is 0. The highest BCUT2D eigenvalue weighted by Gasteiger charge is 2.17. The minimum Gasteiger partial charge on any atom is -0.319 e. The molecule has 0 atom stereocenters. The summed E-state index contributed by atoms with van der Waals surface area (Å²) in [5.41, 5.74) is 4.56. The van der Waals surface area contributed by atoms with Crippen LogP contribution in [0.1, 0.15) is 32.9 Å². The van der Waals surface area contributed by atoms with E-state index in [1.807, 2.05) is 49.7 Å². The molecule has 0 saturated carbocycles. The van der Waals surface area contributed by atoms with E-state index in [0.717, 1.165) is 11.3 Å². The van der Waals surface area contributed by atoms with E-state index < -0.39 is 10.8 Å². The summed E-state index contributed by atoms with van der Waals surface area (Å²) < 4.78 is 1.84. The molecular weight excluding hydrogens is 344 g/mol. The molecule has 1 heterocycles. The number of nitro benzene ring substituents is 1. The molecule has 1 amide bonds. The van der Waals surface area contributed by atoms with Crippen LogP contribution in [0, 0.1) is 30.9 Å². The van der Waals surface area contributed by atoms with Crippen molar-refractivity contribution in [1.82, 2.24) is 9.78 Å². The van der Waals surface area contributed by atoms with Crippen LogP contribution >= 0.6 is 0 Å². The minimum atomic E-state index is -0.521. The first-order chi connectivity index (χ1) is 12.8. The molecule has 0 aliphatic rings. The van der Waals surface area contributed by atoms with Gasteiger partial charge in [0.2, 0.25) is 0 Å². The van der Waals surface area contributed by atoms with E-state index in [1.54, 1.807) is 6.07 Å². The highest BCUT2D eigenvalue weighted by atomic mass is 16.6. The van der Waals surface area contributed by atoms with Gasteiger partial charge >= 0.3 is 0 Å². The molecule has 0 saturated heterocycles. The number of nitrogens with one attached hydrogen (secondary N) is 1. The normalized spacial score (nSPS) is 10.6. The highest BCUT2D eigenvalue weighted by molar-refractivity contribution is 6.05. The van der Waals surface area contributed by atoms with Crippen LogP contribution in [0.15, 0.2) is 48.5 Å². The summed E-state index contributed by atoms with van der Waals surface area (Å²) in [7, 11) is 0. The van der Waals surface area contributed by atoms with E-state index in [9.17, 15) is 14.9 Å². The van der Waals surface area contributed by atoms with Gasteiger partial charge in [-0.25, -0.2) is 0 Å². The van der Waals surface area contributed by atoms with Crippen LogP contribution in [-0.2, 0) is 6.54 Å². The maximum Gasteiger partial charge on any atom is 0.270 e. The van der Waals surface area contributed by atoms with Gasteiger partial charge in [-0.3, -0.25) is 19.6 Å². The number of aromatic nitrogens is 2. The molecule has 0 spiro atoms. The van der Waals surface area contributed by atoms with Gasteiger partial charge in [0.25, 0.3) is 11.6 Å². The maximum absolute atomic E-state index is 12.5. The van der Waals surface area contributed by atoms with Crippen LogP contribution in [0.4, 0.5) is 11.4 Å². The summed E-state index contributed by atoms with van der Waals surface area (Å²) in [6, 6.07) is 13.8. The van der Waals surface area contributed by atoms with Crippen molar-refractivity contribution in [3.63, 3.8) is 0 Å². The Kier molecular flexibility index (Phi) is 5.03. The lowest BCUT2D eigenvalue weighted by atomic mass is 10.1. The predicted molar refractivity (Wildman–Crippen MR) is 103 cm³/mol. The van der Waals surface area contributed by atoms with E-state index in [-0.39, 0.29) is 11.3 Å². The number of nitrogens with zero attached hydrogens (tertiary/aromatic N) is 3. The summed E-state index contributed by atoms with van der Waals surface area (Å²) >= 11 is 0. The first-order valence-corrected chi connectivity index (χ1v) is 8.50. The smallest absolute Gasteiger partial charge is 0.270 e. The maximum atomic E-state index is 12.5. The van der Waals surface area contributed by atoms with Crippen molar-refractivity contribution in [3.8, 4) is 0 Å². The van der Waals surface area contributed by atoms with E-state index in [2.05, 4.69) is 10.4 Å². The summed E-state index contributed by atoms with van der Waals surface area (Å²) in [5.74, 6) is -0.403. The standard InChI is InChI=1S/C20H20N4O3/c1-13-7-9-16(10-8-13)12-23-15(3)19(14(2)22-23)21-20(25)17-5-4-6-18(11-17)24(26)27/h4-11H,12H2,1-3H3,(H,21,25). The number of amides is 1. The SMILES string of the molecule is Cc1ccc(Cn2nc(C)c(NC(=O)c3cccc([N+](=O)[O-])c3)c2C)cc1. The van der Waals surface area contributed by atoms with Crippen molar-refractivity contribution in [2.75, 3.05) is 5.32 Å². The van der Waals surface area contributed by atoms with Crippen LogP contribution in [0.3, 0.4) is 0 Å². The van der Waals surface area contributed by atoms with Gasteiger partial charge in [0, 0.05) is 17.7 Å². The zero-order chi connectivity index (χ0) is 19.6. The zero-order valence-corrected chi connectivity index (χ0v) is 15.4. The lowest BCUT2D eigenvalue weighted by molar-refractivity contribution is -0.384. The number of benzene rings is 2. The van der Waals surface area contributed by atoms with Gasteiger partial charge in [-0.2, -0.15) is 5.10 Å². The van der Waals surface area contributed by atoms with Gasteiger partial charge < -0.3 is 5.32 Å². The molecule has 0 bridgehead atoms. The minimum absolute atomic E-state index is 0.119. The Labute approximate surface area is 156 Å². The van der Waals surface area contributed by atoms with Crippen LogP contribution in [0.2, 0.25) is 0 Å². The molecule has 0 radical (unpaired) electrons. The highest BCUT2D eigenvalue weighted by Crippen LogP contribution is 2.22. The molecule has 1 aromatic heterocycles. The number of aryl methyl sites for hydroxylation is 2. The number of hydrogen-bond donors (Lipinski definition) is 1. The molecule has 0 aliphatic heterocycles. The van der Waals surface area contributed by atoms with Crippen molar-refractivity contribution in [3.05, 3.63) is 86.7 Å². The summed E-state index contributed by atoms with van der Waals surface area (Å²) in [6.45, 7) is 6.34. The van der Waals surface area contributed by atoms with Gasteiger partial charge in [0.15, 0.2) is 0 Å². The molecule has 7 heteroatoms. The van der Waals surface area contributed by atoms with E-state index in [0.29, 0.717) is 17.9 Å². The van der Waals surface area contributed by atoms with Gasteiger partial charge in [0.05, 0.1) is 28.5 Å². The van der Waals surface area contributed by atoms with Crippen LogP contribution in [0.25, 0.3) is 0 Å². The second-order valence-corrected chi connectivity index (χ2v) is 6.45. The van der Waals surface area contributed by atoms with Crippen LogP contribution in [0.5, 0.6) is 0 Å². The number of anilines is 1. The van der Waals surface area contributed by atoms with Gasteiger partial charge in [-0.15, -0.1) is 0 Å². The van der Waals surface area contributed by atoms with Crippen molar-refractivity contribution in [1.29, 1.82) is 0 Å². The topological polar surface area (TPSA) is 90.1 Å². The summed E-state index contributed by atoms with van der Waals surface area (Å²) in [4.78, 5) is 22.9. The monoisotopic (exact) mass is 364 g/mol.